The number of rotatable bonds is 4. The third-order valence-corrected chi connectivity index (χ3v) is 3.44. The zero-order valence-electron chi connectivity index (χ0n) is 10.5. The Morgan fingerprint density at radius 3 is 2.32 bits per heavy atom. The summed E-state index contributed by atoms with van der Waals surface area (Å²) >= 11 is 3.28. The van der Waals surface area contributed by atoms with Gasteiger partial charge in [0.1, 0.15) is 11.6 Å². The van der Waals surface area contributed by atoms with Gasteiger partial charge < -0.3 is 5.32 Å². The van der Waals surface area contributed by atoms with Gasteiger partial charge in [-0.25, -0.2) is 8.78 Å². The van der Waals surface area contributed by atoms with E-state index in [0.29, 0.717) is 6.42 Å². The highest BCUT2D eigenvalue weighted by Gasteiger charge is 2.11. The lowest BCUT2D eigenvalue weighted by Crippen LogP contribution is -2.18. The Bertz CT molecular complexity index is 534. The van der Waals surface area contributed by atoms with E-state index in [-0.39, 0.29) is 17.7 Å². The summed E-state index contributed by atoms with van der Waals surface area (Å²) in [7, 11) is 1.84. The van der Waals surface area contributed by atoms with Crippen LogP contribution in [0.25, 0.3) is 0 Å². The second-order valence-electron chi connectivity index (χ2n) is 4.37. The van der Waals surface area contributed by atoms with Crippen LogP contribution in [0.1, 0.15) is 17.2 Å². The molecule has 0 saturated carbocycles. The maximum absolute atomic E-state index is 13.3. The minimum absolute atomic E-state index is 0.0225. The van der Waals surface area contributed by atoms with Gasteiger partial charge in [-0.05, 0) is 54.9 Å². The standard InChI is InChI=1S/C15H14BrF2N/c1-19-15(11-2-4-13(17)5-3-11)8-10-6-12(16)9-14(18)7-10/h2-7,9,15,19H,8H2,1H3. The molecule has 2 aromatic carbocycles. The fraction of sp³-hybridized carbons (Fsp3) is 0.200. The van der Waals surface area contributed by atoms with Gasteiger partial charge in [0.15, 0.2) is 0 Å². The molecule has 1 nitrogen and oxygen atoms in total. The first-order valence-electron chi connectivity index (χ1n) is 5.96. The molecule has 0 aliphatic carbocycles. The summed E-state index contributed by atoms with van der Waals surface area (Å²) in [6.07, 6.45) is 0.637. The van der Waals surface area contributed by atoms with Gasteiger partial charge in [0.05, 0.1) is 0 Å². The second-order valence-corrected chi connectivity index (χ2v) is 5.29. The van der Waals surface area contributed by atoms with Crippen LogP contribution in [-0.2, 0) is 6.42 Å². The lowest BCUT2D eigenvalue weighted by molar-refractivity contribution is 0.579. The Kier molecular flexibility index (Phi) is 4.66. The minimum Gasteiger partial charge on any atom is -0.313 e. The van der Waals surface area contributed by atoms with E-state index in [2.05, 4.69) is 21.2 Å². The first-order chi connectivity index (χ1) is 9.08. The van der Waals surface area contributed by atoms with Crippen LogP contribution in [0.3, 0.4) is 0 Å². The van der Waals surface area contributed by atoms with Crippen molar-refractivity contribution >= 4 is 15.9 Å². The van der Waals surface area contributed by atoms with Crippen LogP contribution in [0.5, 0.6) is 0 Å². The summed E-state index contributed by atoms with van der Waals surface area (Å²) in [6, 6.07) is 11.2. The molecule has 0 saturated heterocycles. The van der Waals surface area contributed by atoms with E-state index in [1.165, 1.54) is 24.3 Å². The summed E-state index contributed by atoms with van der Waals surface area (Å²) in [5.74, 6) is -0.523. The van der Waals surface area contributed by atoms with Crippen LogP contribution in [0.15, 0.2) is 46.9 Å². The second kappa shape index (κ2) is 6.26. The predicted octanol–water partition coefficient (Wildman–Crippen LogP) is 4.23. The molecule has 1 N–H and O–H groups in total. The molecule has 0 radical (unpaired) electrons. The van der Waals surface area contributed by atoms with E-state index >= 15 is 0 Å². The number of hydrogen-bond donors (Lipinski definition) is 1. The molecule has 19 heavy (non-hydrogen) atoms. The Balaban J connectivity index is 2.21. The smallest absolute Gasteiger partial charge is 0.124 e. The highest BCUT2D eigenvalue weighted by atomic mass is 79.9. The SMILES string of the molecule is CNC(Cc1cc(F)cc(Br)c1)c1ccc(F)cc1. The average Bonchev–Trinajstić information content (AvgIpc) is 2.36. The van der Waals surface area contributed by atoms with Gasteiger partial charge in [-0.15, -0.1) is 0 Å². The summed E-state index contributed by atoms with van der Waals surface area (Å²) in [5.41, 5.74) is 1.86. The Hall–Kier alpha value is -1.26. The van der Waals surface area contributed by atoms with Crippen molar-refractivity contribution in [1.82, 2.24) is 5.32 Å². The summed E-state index contributed by atoms with van der Waals surface area (Å²) in [4.78, 5) is 0. The van der Waals surface area contributed by atoms with Crippen LogP contribution in [0.4, 0.5) is 8.78 Å². The van der Waals surface area contributed by atoms with E-state index in [4.69, 9.17) is 0 Å². The molecule has 0 aliphatic rings. The molecule has 0 spiro atoms. The molecule has 0 fully saturated rings. The third-order valence-electron chi connectivity index (χ3n) is 2.98. The van der Waals surface area contributed by atoms with Crippen molar-refractivity contribution in [3.63, 3.8) is 0 Å². The number of hydrogen-bond acceptors (Lipinski definition) is 1. The van der Waals surface area contributed by atoms with Crippen molar-refractivity contribution in [1.29, 1.82) is 0 Å². The summed E-state index contributed by atoms with van der Waals surface area (Å²) < 4.78 is 27.0. The van der Waals surface area contributed by atoms with Crippen LogP contribution in [0, 0.1) is 11.6 Å². The first kappa shape index (κ1) is 14.2. The number of halogens is 3. The highest BCUT2D eigenvalue weighted by Crippen LogP contribution is 2.22. The highest BCUT2D eigenvalue weighted by molar-refractivity contribution is 9.10. The van der Waals surface area contributed by atoms with E-state index in [1.54, 1.807) is 12.1 Å². The molecule has 0 aliphatic heterocycles. The van der Waals surface area contributed by atoms with Crippen LogP contribution in [0.2, 0.25) is 0 Å². The van der Waals surface area contributed by atoms with Gasteiger partial charge in [0.25, 0.3) is 0 Å². The van der Waals surface area contributed by atoms with E-state index < -0.39 is 0 Å². The quantitative estimate of drug-likeness (QED) is 0.887. The Labute approximate surface area is 119 Å². The maximum atomic E-state index is 13.3. The number of likely N-dealkylation sites (N-methyl/N-ethyl adjacent to an activating group) is 1. The molecule has 0 aromatic heterocycles. The lowest BCUT2D eigenvalue weighted by atomic mass is 9.99. The van der Waals surface area contributed by atoms with Gasteiger partial charge >= 0.3 is 0 Å². The van der Waals surface area contributed by atoms with Gasteiger partial charge in [-0.3, -0.25) is 0 Å². The Morgan fingerprint density at radius 1 is 1.05 bits per heavy atom. The topological polar surface area (TPSA) is 12.0 Å². The van der Waals surface area contributed by atoms with Gasteiger partial charge in [-0.2, -0.15) is 0 Å². The molecule has 2 aromatic rings. The summed E-state index contributed by atoms with van der Waals surface area (Å²) in [6.45, 7) is 0. The molecule has 1 unspecified atom stereocenters. The van der Waals surface area contributed by atoms with Crippen molar-refractivity contribution in [2.24, 2.45) is 0 Å². The fourth-order valence-electron chi connectivity index (χ4n) is 2.05. The van der Waals surface area contributed by atoms with Crippen molar-refractivity contribution in [3.05, 3.63) is 69.7 Å². The van der Waals surface area contributed by atoms with E-state index in [9.17, 15) is 8.78 Å². The molecule has 0 bridgehead atoms. The number of benzene rings is 2. The van der Waals surface area contributed by atoms with Crippen molar-refractivity contribution in [2.45, 2.75) is 12.5 Å². The first-order valence-corrected chi connectivity index (χ1v) is 6.75. The third kappa shape index (κ3) is 3.85. The lowest BCUT2D eigenvalue weighted by Gasteiger charge is -2.17. The fourth-order valence-corrected chi connectivity index (χ4v) is 2.56. The average molecular weight is 326 g/mol. The van der Waals surface area contributed by atoms with E-state index in [1.807, 2.05) is 13.1 Å². The molecule has 1 atom stereocenters. The molecule has 4 heteroatoms. The van der Waals surface area contributed by atoms with Crippen LogP contribution < -0.4 is 5.32 Å². The molecule has 100 valence electrons. The predicted molar refractivity (Wildman–Crippen MR) is 76.0 cm³/mol. The number of nitrogens with one attached hydrogen (secondary N) is 1. The van der Waals surface area contributed by atoms with Gasteiger partial charge in [0, 0.05) is 10.5 Å². The zero-order chi connectivity index (χ0) is 13.8. The minimum atomic E-state index is -0.265. The molecular formula is C15H14BrF2N. The largest absolute Gasteiger partial charge is 0.313 e. The molecular weight excluding hydrogens is 312 g/mol. The van der Waals surface area contributed by atoms with Crippen LogP contribution >= 0.6 is 15.9 Å². The van der Waals surface area contributed by atoms with Gasteiger partial charge in [-0.1, -0.05) is 28.1 Å². The Morgan fingerprint density at radius 2 is 1.74 bits per heavy atom. The molecule has 2 rings (SSSR count). The molecule has 0 heterocycles. The monoisotopic (exact) mass is 325 g/mol. The van der Waals surface area contributed by atoms with Gasteiger partial charge in [0.2, 0.25) is 0 Å². The zero-order valence-corrected chi connectivity index (χ0v) is 12.0. The van der Waals surface area contributed by atoms with Crippen molar-refractivity contribution < 1.29 is 8.78 Å². The van der Waals surface area contributed by atoms with Crippen LogP contribution in [-0.4, -0.2) is 7.05 Å². The normalized spacial score (nSPS) is 12.4. The summed E-state index contributed by atoms with van der Waals surface area (Å²) in [5, 5.41) is 3.17. The maximum Gasteiger partial charge on any atom is 0.124 e. The van der Waals surface area contributed by atoms with E-state index in [0.717, 1.165) is 15.6 Å². The van der Waals surface area contributed by atoms with Crippen molar-refractivity contribution in [2.75, 3.05) is 7.05 Å². The molecule has 0 amide bonds. The van der Waals surface area contributed by atoms with Crippen molar-refractivity contribution in [3.8, 4) is 0 Å².